The van der Waals surface area contributed by atoms with Gasteiger partial charge in [0.15, 0.2) is 0 Å². The zero-order valence-electron chi connectivity index (χ0n) is 28.7. The van der Waals surface area contributed by atoms with Gasteiger partial charge in [-0.05, 0) is 121 Å². The van der Waals surface area contributed by atoms with E-state index < -0.39 is 0 Å². The van der Waals surface area contributed by atoms with E-state index in [1.54, 1.807) is 0 Å². The SMILES string of the molecule is CC1(C)c2cc(C#N)ccc2-c2ccc(-c3cccc(-c4ccc5c(c4)nc(-c4ccc(F)cc4)c4c6ccccc6c6ccccc6c54)c3)cc21. The maximum absolute atomic E-state index is 14.2. The van der Waals surface area contributed by atoms with E-state index in [2.05, 4.69) is 135 Å². The molecule has 0 aliphatic heterocycles. The molecule has 0 bridgehead atoms. The Kier molecular flexibility index (Phi) is 6.50. The molecule has 1 aromatic heterocycles. The summed E-state index contributed by atoms with van der Waals surface area (Å²) in [5.74, 6) is -0.268. The monoisotopic (exact) mass is 666 g/mol. The van der Waals surface area contributed by atoms with Crippen molar-refractivity contribution in [2.75, 3.05) is 0 Å². The molecule has 0 fully saturated rings. The van der Waals surface area contributed by atoms with Gasteiger partial charge >= 0.3 is 0 Å². The van der Waals surface area contributed by atoms with E-state index in [9.17, 15) is 9.65 Å². The highest BCUT2D eigenvalue weighted by atomic mass is 19.1. The van der Waals surface area contributed by atoms with Crippen molar-refractivity contribution in [3.05, 3.63) is 174 Å². The van der Waals surface area contributed by atoms with E-state index in [1.807, 2.05) is 24.3 Å². The van der Waals surface area contributed by atoms with Crippen LogP contribution in [0.4, 0.5) is 4.39 Å². The number of halogens is 1. The summed E-state index contributed by atoms with van der Waals surface area (Å²) in [5.41, 5.74) is 12.5. The first kappa shape index (κ1) is 30.2. The van der Waals surface area contributed by atoms with Crippen LogP contribution in [0, 0.1) is 17.1 Å². The molecule has 1 heterocycles. The minimum atomic E-state index is -0.268. The number of hydrogen-bond donors (Lipinski definition) is 0. The smallest absolute Gasteiger partial charge is 0.123 e. The molecule has 0 spiro atoms. The summed E-state index contributed by atoms with van der Waals surface area (Å²) in [5, 5.41) is 17.6. The fourth-order valence-corrected chi connectivity index (χ4v) is 8.54. The quantitative estimate of drug-likeness (QED) is 0.176. The summed E-state index contributed by atoms with van der Waals surface area (Å²) in [4.78, 5) is 5.37. The first-order valence-corrected chi connectivity index (χ1v) is 17.6. The van der Waals surface area contributed by atoms with Gasteiger partial charge in [-0.1, -0.05) is 111 Å². The highest BCUT2D eigenvalue weighted by Gasteiger charge is 2.35. The topological polar surface area (TPSA) is 36.7 Å². The highest BCUT2D eigenvalue weighted by molar-refractivity contribution is 6.33. The number of hydrogen-bond acceptors (Lipinski definition) is 2. The van der Waals surface area contributed by atoms with Gasteiger partial charge in [0.05, 0.1) is 22.8 Å². The summed E-state index contributed by atoms with van der Waals surface area (Å²) in [6, 6.07) is 54.2. The normalized spacial score (nSPS) is 13.0. The fraction of sp³-hybridized carbons (Fsp3) is 0.0612. The van der Waals surface area contributed by atoms with Crippen LogP contribution in [0.5, 0.6) is 0 Å². The second-order valence-corrected chi connectivity index (χ2v) is 14.4. The Morgan fingerprint density at radius 3 is 1.75 bits per heavy atom. The number of benzene rings is 8. The molecular formula is C49H31FN2. The van der Waals surface area contributed by atoms with Crippen LogP contribution in [0.1, 0.15) is 30.5 Å². The number of rotatable bonds is 3. The molecule has 9 aromatic rings. The first-order chi connectivity index (χ1) is 25.4. The lowest BCUT2D eigenvalue weighted by Crippen LogP contribution is -2.15. The van der Waals surface area contributed by atoms with Crippen LogP contribution < -0.4 is 0 Å². The molecule has 0 amide bonds. The Balaban J connectivity index is 1.15. The van der Waals surface area contributed by atoms with Crippen LogP contribution in [-0.2, 0) is 5.41 Å². The third kappa shape index (κ3) is 4.44. The van der Waals surface area contributed by atoms with Crippen LogP contribution in [0.3, 0.4) is 0 Å². The van der Waals surface area contributed by atoms with Crippen molar-refractivity contribution in [1.82, 2.24) is 4.98 Å². The summed E-state index contributed by atoms with van der Waals surface area (Å²) < 4.78 is 14.2. The molecule has 1 aliphatic carbocycles. The molecule has 0 radical (unpaired) electrons. The second kappa shape index (κ2) is 11.2. The Morgan fingerprint density at radius 1 is 0.500 bits per heavy atom. The van der Waals surface area contributed by atoms with Crippen molar-refractivity contribution in [2.45, 2.75) is 19.3 Å². The Bertz CT molecular complexity index is 3000. The van der Waals surface area contributed by atoms with Gasteiger partial charge in [0.1, 0.15) is 5.82 Å². The highest BCUT2D eigenvalue weighted by Crippen LogP contribution is 2.50. The molecule has 0 atom stereocenters. The lowest BCUT2D eigenvalue weighted by atomic mass is 9.81. The van der Waals surface area contributed by atoms with Crippen molar-refractivity contribution >= 4 is 43.2 Å². The van der Waals surface area contributed by atoms with E-state index in [1.165, 1.54) is 50.5 Å². The van der Waals surface area contributed by atoms with Crippen LogP contribution in [-0.4, -0.2) is 4.98 Å². The molecule has 0 saturated heterocycles. The van der Waals surface area contributed by atoms with Gasteiger partial charge in [0.2, 0.25) is 0 Å². The summed E-state index contributed by atoms with van der Waals surface area (Å²) in [6.07, 6.45) is 0. The molecular weight excluding hydrogens is 636 g/mol. The van der Waals surface area contributed by atoms with Gasteiger partial charge in [-0.2, -0.15) is 5.26 Å². The van der Waals surface area contributed by atoms with Crippen LogP contribution in [0.25, 0.3) is 87.9 Å². The maximum atomic E-state index is 14.2. The minimum absolute atomic E-state index is 0.213. The molecule has 0 saturated carbocycles. The summed E-state index contributed by atoms with van der Waals surface area (Å²) in [7, 11) is 0. The maximum Gasteiger partial charge on any atom is 0.123 e. The van der Waals surface area contributed by atoms with Crippen molar-refractivity contribution in [3.63, 3.8) is 0 Å². The lowest BCUT2D eigenvalue weighted by Gasteiger charge is -2.22. The standard InChI is InChI=1S/C49H31FN2/c1-49(2)43-24-29(28-51)14-21-38(43)39-22-17-33(26-44(39)49)31-8-7-9-32(25-31)34-18-23-42-45(27-34)52-48(30-15-19-35(50)20-16-30)47-41-13-6-4-11-37(41)36-10-3-5-12-40(36)46(42)47/h3-27H,1-2H3. The number of aromatic nitrogens is 1. The average molecular weight is 667 g/mol. The zero-order valence-corrected chi connectivity index (χ0v) is 28.7. The Morgan fingerprint density at radius 2 is 1.06 bits per heavy atom. The van der Waals surface area contributed by atoms with Gasteiger partial charge < -0.3 is 0 Å². The predicted octanol–water partition coefficient (Wildman–Crippen LogP) is 13.0. The molecule has 52 heavy (non-hydrogen) atoms. The average Bonchev–Trinajstić information content (AvgIpc) is 3.42. The Labute approximate surface area is 301 Å². The summed E-state index contributed by atoms with van der Waals surface area (Å²) >= 11 is 0. The zero-order chi connectivity index (χ0) is 35.1. The first-order valence-electron chi connectivity index (χ1n) is 17.6. The molecule has 0 N–H and O–H groups in total. The van der Waals surface area contributed by atoms with E-state index >= 15 is 0 Å². The number of pyridine rings is 1. The van der Waals surface area contributed by atoms with Crippen molar-refractivity contribution in [3.8, 4) is 50.7 Å². The van der Waals surface area contributed by atoms with Gasteiger partial charge in [0.25, 0.3) is 0 Å². The van der Waals surface area contributed by atoms with Crippen molar-refractivity contribution in [2.24, 2.45) is 0 Å². The van der Waals surface area contributed by atoms with Crippen LogP contribution >= 0.6 is 0 Å². The van der Waals surface area contributed by atoms with Gasteiger partial charge in [-0.25, -0.2) is 9.37 Å². The largest absolute Gasteiger partial charge is 0.247 e. The third-order valence-corrected chi connectivity index (χ3v) is 11.1. The fourth-order valence-electron chi connectivity index (χ4n) is 8.54. The van der Waals surface area contributed by atoms with E-state index in [0.717, 1.165) is 60.6 Å². The third-order valence-electron chi connectivity index (χ3n) is 11.1. The van der Waals surface area contributed by atoms with E-state index in [-0.39, 0.29) is 11.2 Å². The second-order valence-electron chi connectivity index (χ2n) is 14.4. The van der Waals surface area contributed by atoms with E-state index in [0.29, 0.717) is 5.56 Å². The minimum Gasteiger partial charge on any atom is -0.247 e. The number of nitriles is 1. The molecule has 1 aliphatic rings. The molecule has 0 unspecified atom stereocenters. The molecule has 244 valence electrons. The number of nitrogens with zero attached hydrogens (tertiary/aromatic N) is 2. The van der Waals surface area contributed by atoms with E-state index in [4.69, 9.17) is 4.98 Å². The molecule has 10 rings (SSSR count). The molecule has 3 heteroatoms. The summed E-state index contributed by atoms with van der Waals surface area (Å²) in [6.45, 7) is 4.49. The van der Waals surface area contributed by atoms with Crippen molar-refractivity contribution in [1.29, 1.82) is 5.26 Å². The van der Waals surface area contributed by atoms with Crippen molar-refractivity contribution < 1.29 is 4.39 Å². The van der Waals surface area contributed by atoms with Crippen LogP contribution in [0.15, 0.2) is 152 Å². The van der Waals surface area contributed by atoms with Gasteiger partial charge in [-0.3, -0.25) is 0 Å². The lowest BCUT2D eigenvalue weighted by molar-refractivity contribution is 0.628. The van der Waals surface area contributed by atoms with Gasteiger partial charge in [0, 0.05) is 27.1 Å². The predicted molar refractivity (Wildman–Crippen MR) is 213 cm³/mol. The molecule has 2 nitrogen and oxygen atoms in total. The number of fused-ring (bicyclic) bond motifs is 11. The Hall–Kier alpha value is -6.63. The van der Waals surface area contributed by atoms with Crippen LogP contribution in [0.2, 0.25) is 0 Å². The molecule has 8 aromatic carbocycles. The van der Waals surface area contributed by atoms with Gasteiger partial charge in [-0.15, -0.1) is 0 Å².